The van der Waals surface area contributed by atoms with E-state index in [1.54, 1.807) is 29.8 Å². The van der Waals surface area contributed by atoms with Gasteiger partial charge in [-0.15, -0.1) is 0 Å². The number of rotatable bonds is 4. The number of likely N-dealkylation sites (N-methyl/N-ethyl adjacent to an activating group) is 1. The first kappa shape index (κ1) is 19.9. The summed E-state index contributed by atoms with van der Waals surface area (Å²) in [5.41, 5.74) is 3.85. The molecule has 2 heterocycles. The largest absolute Gasteiger partial charge is 0.361 e. The molecule has 1 fully saturated rings. The van der Waals surface area contributed by atoms with Crippen molar-refractivity contribution < 1.29 is 14.1 Å². The van der Waals surface area contributed by atoms with Gasteiger partial charge in [-0.2, -0.15) is 0 Å². The summed E-state index contributed by atoms with van der Waals surface area (Å²) < 4.78 is 5.01. The molecular formula is C21H28N4O3. The van der Waals surface area contributed by atoms with Gasteiger partial charge in [-0.25, -0.2) is 4.79 Å². The van der Waals surface area contributed by atoms with Gasteiger partial charge >= 0.3 is 6.03 Å². The smallest absolute Gasteiger partial charge is 0.317 e. The monoisotopic (exact) mass is 384 g/mol. The molecule has 0 saturated carbocycles. The van der Waals surface area contributed by atoms with Gasteiger partial charge in [0.25, 0.3) is 5.91 Å². The number of hydrogen-bond acceptors (Lipinski definition) is 4. The van der Waals surface area contributed by atoms with E-state index >= 15 is 0 Å². The minimum absolute atomic E-state index is 0.0227. The van der Waals surface area contributed by atoms with E-state index in [1.165, 1.54) is 11.1 Å². The first-order valence-corrected chi connectivity index (χ1v) is 9.64. The molecule has 7 nitrogen and oxygen atoms in total. The number of carbonyl (C=O) groups excluding carboxylic acids is 2. The summed E-state index contributed by atoms with van der Waals surface area (Å²) in [4.78, 5) is 28.7. The summed E-state index contributed by atoms with van der Waals surface area (Å²) in [5.74, 6) is 0.463. The second-order valence-corrected chi connectivity index (χ2v) is 7.56. The highest BCUT2D eigenvalue weighted by atomic mass is 16.5. The maximum absolute atomic E-state index is 12.6. The number of aromatic nitrogens is 1. The first-order chi connectivity index (χ1) is 13.3. The van der Waals surface area contributed by atoms with E-state index in [0.717, 1.165) is 18.4 Å². The van der Waals surface area contributed by atoms with Crippen LogP contribution in [0.1, 0.15) is 45.8 Å². The lowest BCUT2D eigenvalue weighted by molar-refractivity contribution is 0.0626. The lowest BCUT2D eigenvalue weighted by atomic mass is 10.0. The van der Waals surface area contributed by atoms with Gasteiger partial charge < -0.3 is 19.6 Å². The minimum atomic E-state index is -0.148. The molecule has 3 rings (SSSR count). The highest BCUT2D eigenvalue weighted by Crippen LogP contribution is 2.18. The number of amides is 3. The maximum atomic E-state index is 12.6. The van der Waals surface area contributed by atoms with Crippen molar-refractivity contribution in [3.8, 4) is 0 Å². The van der Waals surface area contributed by atoms with Gasteiger partial charge in [-0.3, -0.25) is 4.79 Å². The number of piperidine rings is 1. The fourth-order valence-corrected chi connectivity index (χ4v) is 3.47. The van der Waals surface area contributed by atoms with Crippen LogP contribution in [-0.4, -0.2) is 53.1 Å². The van der Waals surface area contributed by atoms with Crippen LogP contribution in [0.4, 0.5) is 4.79 Å². The van der Waals surface area contributed by atoms with Crippen molar-refractivity contribution >= 4 is 11.9 Å². The molecule has 2 aromatic rings. The number of nitrogens with zero attached hydrogens (tertiary/aromatic N) is 3. The summed E-state index contributed by atoms with van der Waals surface area (Å²) in [5, 5.41) is 6.79. The third-order valence-electron chi connectivity index (χ3n) is 5.41. The Bertz CT molecular complexity index is 861. The molecule has 7 heteroatoms. The van der Waals surface area contributed by atoms with Crippen molar-refractivity contribution in [2.24, 2.45) is 0 Å². The average Bonchev–Trinajstić information content (AvgIpc) is 3.13. The normalized spacial score (nSPS) is 16.7. The molecule has 0 spiro atoms. The molecule has 1 N–H and O–H groups in total. The van der Waals surface area contributed by atoms with Crippen LogP contribution in [0.15, 0.2) is 28.8 Å². The number of urea groups is 1. The number of hydrogen-bond donors (Lipinski definition) is 1. The molecule has 0 unspecified atom stereocenters. The number of benzene rings is 1. The molecule has 0 radical (unpaired) electrons. The van der Waals surface area contributed by atoms with Crippen molar-refractivity contribution in [2.75, 3.05) is 20.1 Å². The molecular weight excluding hydrogens is 356 g/mol. The molecule has 1 atom stereocenters. The third kappa shape index (κ3) is 4.52. The zero-order valence-corrected chi connectivity index (χ0v) is 17.0. The Morgan fingerprint density at radius 1 is 1.25 bits per heavy atom. The number of carbonyl (C=O) groups is 2. The van der Waals surface area contributed by atoms with Crippen molar-refractivity contribution in [2.45, 2.75) is 46.2 Å². The molecule has 28 heavy (non-hydrogen) atoms. The van der Waals surface area contributed by atoms with Crippen LogP contribution in [0.5, 0.6) is 0 Å². The van der Waals surface area contributed by atoms with Gasteiger partial charge in [0, 0.05) is 32.7 Å². The second-order valence-electron chi connectivity index (χ2n) is 7.56. The summed E-state index contributed by atoms with van der Waals surface area (Å²) in [7, 11) is 1.79. The van der Waals surface area contributed by atoms with Crippen LogP contribution < -0.4 is 5.32 Å². The molecule has 0 bridgehead atoms. The minimum Gasteiger partial charge on any atom is -0.361 e. The predicted molar refractivity (Wildman–Crippen MR) is 106 cm³/mol. The van der Waals surface area contributed by atoms with E-state index in [0.29, 0.717) is 31.1 Å². The van der Waals surface area contributed by atoms with Gasteiger partial charge in [0.05, 0.1) is 6.04 Å². The van der Waals surface area contributed by atoms with Gasteiger partial charge in [-0.1, -0.05) is 23.4 Å². The molecule has 1 aliphatic heterocycles. The van der Waals surface area contributed by atoms with Crippen molar-refractivity contribution in [3.05, 3.63) is 52.4 Å². The molecule has 1 aromatic heterocycles. The molecule has 150 valence electrons. The summed E-state index contributed by atoms with van der Waals surface area (Å²) in [6.07, 6.45) is 1.72. The summed E-state index contributed by atoms with van der Waals surface area (Å²) in [6.45, 7) is 7.55. The summed E-state index contributed by atoms with van der Waals surface area (Å²) >= 11 is 0. The Hall–Kier alpha value is -2.83. The number of nitrogens with one attached hydrogen (secondary N) is 1. The SMILES string of the molecule is Cc1cc(C(=O)N2CCC[C@@H](N(C)C(=O)NCc3ccc(C)c(C)c3)C2)no1. The van der Waals surface area contributed by atoms with Crippen molar-refractivity contribution in [1.82, 2.24) is 20.3 Å². The van der Waals surface area contributed by atoms with E-state index in [-0.39, 0.29) is 18.0 Å². The fourth-order valence-electron chi connectivity index (χ4n) is 3.47. The number of aryl methyl sites for hydroxylation is 3. The summed E-state index contributed by atoms with van der Waals surface area (Å²) in [6, 6.07) is 7.68. The topological polar surface area (TPSA) is 78.7 Å². The van der Waals surface area contributed by atoms with Crippen LogP contribution in [0.25, 0.3) is 0 Å². The zero-order valence-electron chi connectivity index (χ0n) is 17.0. The molecule has 1 aliphatic rings. The van der Waals surface area contributed by atoms with Crippen LogP contribution >= 0.6 is 0 Å². The van der Waals surface area contributed by atoms with Crippen molar-refractivity contribution in [1.29, 1.82) is 0 Å². The number of likely N-dealkylation sites (tertiary alicyclic amines) is 1. The zero-order chi connectivity index (χ0) is 20.3. The maximum Gasteiger partial charge on any atom is 0.317 e. The Labute approximate surface area is 165 Å². The van der Waals surface area contributed by atoms with Crippen LogP contribution in [0, 0.1) is 20.8 Å². The quantitative estimate of drug-likeness (QED) is 0.879. The Balaban J connectivity index is 1.56. The van der Waals surface area contributed by atoms with Gasteiger partial charge in [0.2, 0.25) is 0 Å². The molecule has 0 aliphatic carbocycles. The van der Waals surface area contributed by atoms with Gasteiger partial charge in [0.15, 0.2) is 5.69 Å². The highest BCUT2D eigenvalue weighted by molar-refractivity contribution is 5.92. The van der Waals surface area contributed by atoms with Crippen LogP contribution in [0.3, 0.4) is 0 Å². The van der Waals surface area contributed by atoms with Crippen molar-refractivity contribution in [3.63, 3.8) is 0 Å². The van der Waals surface area contributed by atoms with Gasteiger partial charge in [0.1, 0.15) is 5.76 Å². The van der Waals surface area contributed by atoms with Gasteiger partial charge in [-0.05, 0) is 50.3 Å². The van der Waals surface area contributed by atoms with E-state index in [1.807, 2.05) is 6.07 Å². The lowest BCUT2D eigenvalue weighted by Gasteiger charge is -2.37. The highest BCUT2D eigenvalue weighted by Gasteiger charge is 2.30. The van der Waals surface area contributed by atoms with E-state index in [2.05, 4.69) is 36.5 Å². The van der Waals surface area contributed by atoms with E-state index < -0.39 is 0 Å². The molecule has 1 aromatic carbocycles. The standard InChI is InChI=1S/C21H28N4O3/c1-14-7-8-17(10-15(14)2)12-22-21(27)24(4)18-6-5-9-25(13-18)20(26)19-11-16(3)28-23-19/h7-8,10-11,18H,5-6,9,12-13H2,1-4H3,(H,22,27)/t18-/m1/s1. The van der Waals surface area contributed by atoms with Crippen LogP contribution in [0.2, 0.25) is 0 Å². The predicted octanol–water partition coefficient (Wildman–Crippen LogP) is 3.05. The van der Waals surface area contributed by atoms with E-state index in [4.69, 9.17) is 4.52 Å². The van der Waals surface area contributed by atoms with Crippen LogP contribution in [-0.2, 0) is 6.54 Å². The Morgan fingerprint density at radius 3 is 2.71 bits per heavy atom. The first-order valence-electron chi connectivity index (χ1n) is 9.64. The molecule has 1 saturated heterocycles. The lowest BCUT2D eigenvalue weighted by Crippen LogP contribution is -2.52. The average molecular weight is 384 g/mol. The second kappa shape index (κ2) is 8.46. The molecule has 3 amide bonds. The fraction of sp³-hybridized carbons (Fsp3) is 0.476. The Kier molecular flexibility index (Phi) is 6.02. The Morgan fingerprint density at radius 2 is 2.04 bits per heavy atom. The van der Waals surface area contributed by atoms with E-state index in [9.17, 15) is 9.59 Å². The third-order valence-corrected chi connectivity index (χ3v) is 5.41.